The molecule has 0 saturated carbocycles. The third-order valence-electron chi connectivity index (χ3n) is 6.87. The van der Waals surface area contributed by atoms with Gasteiger partial charge < -0.3 is 21.7 Å². The van der Waals surface area contributed by atoms with Gasteiger partial charge in [0.25, 0.3) is 40.5 Å². The van der Waals surface area contributed by atoms with Crippen LogP contribution in [0, 0.1) is 0 Å². The van der Waals surface area contributed by atoms with E-state index in [-0.39, 0.29) is 43.3 Å². The van der Waals surface area contributed by atoms with Crippen molar-refractivity contribution in [2.24, 2.45) is 40.9 Å². The van der Waals surface area contributed by atoms with Crippen LogP contribution in [0.4, 0.5) is 34.1 Å². The number of phenols is 2. The van der Waals surface area contributed by atoms with Crippen LogP contribution in [0.1, 0.15) is 0 Å². The molecular formula is C30H42N10O14S4. The second-order valence-corrected chi connectivity index (χ2v) is 17.4. The lowest BCUT2D eigenvalue weighted by Gasteiger charge is -2.12. The Balaban J connectivity index is 0.000000453. The molecular weight excluding hydrogens is 853 g/mol. The topological polar surface area (TPSA) is 365 Å². The van der Waals surface area contributed by atoms with Crippen LogP contribution in [0.3, 0.4) is 0 Å². The molecule has 0 fully saturated rings. The normalized spacial score (nSPS) is 12.4. The Bertz CT molecular complexity index is 2500. The van der Waals surface area contributed by atoms with Crippen molar-refractivity contribution in [1.82, 2.24) is 0 Å². The number of rotatable bonds is 10. The highest BCUT2D eigenvalue weighted by Gasteiger charge is 2.26. The summed E-state index contributed by atoms with van der Waals surface area (Å²) in [6, 6.07) is 8.87. The maximum Gasteiger partial charge on any atom is 0.299 e. The third-order valence-corrected chi connectivity index (χ3v) is 10.7. The van der Waals surface area contributed by atoms with Gasteiger partial charge in [-0.15, -0.1) is 0 Å². The first-order valence-electron chi connectivity index (χ1n) is 15.3. The monoisotopic (exact) mass is 894 g/mol. The van der Waals surface area contributed by atoms with E-state index in [9.17, 15) is 43.9 Å². The number of nitrogen functional groups attached to an aromatic ring is 2. The quantitative estimate of drug-likeness (QED) is 0.0927. The maximum absolute atomic E-state index is 12.0. The number of fused-ring (bicyclic) bond motifs is 2. The first-order valence-corrected chi connectivity index (χ1v) is 21.8. The Morgan fingerprint density at radius 2 is 0.776 bits per heavy atom. The molecule has 0 aromatic heterocycles. The Labute approximate surface area is 334 Å². The molecule has 28 heteroatoms. The molecule has 0 unspecified atom stereocenters. The van der Waals surface area contributed by atoms with E-state index in [1.807, 2.05) is 0 Å². The van der Waals surface area contributed by atoms with Crippen LogP contribution in [0.5, 0.6) is 11.5 Å². The molecule has 0 aliphatic carbocycles. The number of nitrogens with two attached hydrogens (primary N) is 2. The molecule has 0 heterocycles. The minimum atomic E-state index is -4.09. The lowest BCUT2D eigenvalue weighted by atomic mass is 10.1. The molecule has 4 aromatic rings. The number of anilines is 2. The van der Waals surface area contributed by atoms with E-state index in [0.29, 0.717) is 22.1 Å². The van der Waals surface area contributed by atoms with Crippen molar-refractivity contribution < 1.29 is 60.6 Å². The van der Waals surface area contributed by atoms with Crippen molar-refractivity contribution in [3.05, 3.63) is 36.4 Å². The Morgan fingerprint density at radius 3 is 1.00 bits per heavy atom. The van der Waals surface area contributed by atoms with E-state index in [0.717, 1.165) is 41.0 Å². The zero-order valence-corrected chi connectivity index (χ0v) is 35.9. The molecule has 6 N–H and O–H groups in total. The highest BCUT2D eigenvalue weighted by Crippen LogP contribution is 2.47. The molecule has 58 heavy (non-hydrogen) atoms. The number of hydrogen-bond acceptors (Lipinski definition) is 24. The zero-order chi connectivity index (χ0) is 44.8. The molecule has 4 rings (SSSR count). The van der Waals surface area contributed by atoms with Crippen LogP contribution >= 0.6 is 0 Å². The number of phenolic OH excluding ortho intramolecular Hbond substituents is 2. The fourth-order valence-corrected chi connectivity index (χ4v) is 5.90. The van der Waals surface area contributed by atoms with Gasteiger partial charge in [-0.05, 0) is 35.0 Å². The maximum atomic E-state index is 12.0. The largest absolute Gasteiger partial charge is 0.505 e. The summed E-state index contributed by atoms with van der Waals surface area (Å²) in [5.74, 6) is -0.844. The van der Waals surface area contributed by atoms with E-state index in [4.69, 9.17) is 11.5 Å². The minimum Gasteiger partial charge on any atom is -0.505 e. The van der Waals surface area contributed by atoms with Gasteiger partial charge in [-0.2, -0.15) is 74.6 Å². The summed E-state index contributed by atoms with van der Waals surface area (Å²) in [6.07, 6.45) is 1.99. The first kappa shape index (κ1) is 50.7. The number of aromatic hydroxyl groups is 2. The van der Waals surface area contributed by atoms with Crippen LogP contribution in [0.25, 0.3) is 21.5 Å². The van der Waals surface area contributed by atoms with Crippen LogP contribution in [0.15, 0.2) is 87.1 Å². The number of hydrogen-bond donors (Lipinski definition) is 4. The Hall–Kier alpha value is -5.36. The summed E-state index contributed by atoms with van der Waals surface area (Å²) < 4.78 is 104. The lowest BCUT2D eigenvalue weighted by Crippen LogP contribution is -2.04. The van der Waals surface area contributed by atoms with Crippen LogP contribution in [0.2, 0.25) is 0 Å². The predicted molar refractivity (Wildman–Crippen MR) is 214 cm³/mol. The number of benzene rings is 4. The Kier molecular flexibility index (Phi) is 18.7. The van der Waals surface area contributed by atoms with Crippen molar-refractivity contribution in [1.29, 1.82) is 0 Å². The summed E-state index contributed by atoms with van der Waals surface area (Å²) in [4.78, 5) is -0.611. The second-order valence-electron chi connectivity index (χ2n) is 10.5. The lowest BCUT2D eigenvalue weighted by molar-refractivity contribution is 0.396. The first-order chi connectivity index (χ1) is 26.9. The van der Waals surface area contributed by atoms with Gasteiger partial charge >= 0.3 is 0 Å². The molecule has 0 bridgehead atoms. The Morgan fingerprint density at radius 1 is 0.500 bits per heavy atom. The van der Waals surface area contributed by atoms with E-state index in [1.54, 1.807) is 24.3 Å². The number of nitrogens with zero attached hydrogens (tertiary/aromatic N) is 8. The van der Waals surface area contributed by atoms with E-state index < -0.39 is 52.0 Å². The van der Waals surface area contributed by atoms with Gasteiger partial charge in [0.05, 0.1) is 63.1 Å². The molecule has 0 atom stereocenters. The van der Waals surface area contributed by atoms with E-state index in [2.05, 4.69) is 57.6 Å². The van der Waals surface area contributed by atoms with Gasteiger partial charge in [0.15, 0.2) is 11.5 Å². The summed E-state index contributed by atoms with van der Waals surface area (Å²) in [5.41, 5.74) is 12.5. The fraction of sp³-hybridized carbons (Fsp3) is 0.333. The molecule has 320 valence electrons. The van der Waals surface area contributed by atoms with Crippen LogP contribution in [-0.2, 0) is 57.2 Å². The van der Waals surface area contributed by atoms with Gasteiger partial charge in [-0.3, -0.25) is 16.7 Å². The molecule has 4 aromatic carbocycles. The zero-order valence-electron chi connectivity index (χ0n) is 32.6. The van der Waals surface area contributed by atoms with Crippen LogP contribution < -0.4 is 11.5 Å². The fourth-order valence-electron chi connectivity index (χ4n) is 4.25. The molecule has 0 aliphatic heterocycles. The van der Waals surface area contributed by atoms with Crippen molar-refractivity contribution in [2.45, 2.75) is 9.79 Å². The molecule has 0 saturated heterocycles. The second kappa shape index (κ2) is 21.4. The van der Waals surface area contributed by atoms with Gasteiger partial charge in [0.2, 0.25) is 0 Å². The molecule has 24 nitrogen and oxygen atoms in total. The summed E-state index contributed by atoms with van der Waals surface area (Å²) in [5, 5.41) is 51.6. The average molecular weight is 895 g/mol. The van der Waals surface area contributed by atoms with Crippen molar-refractivity contribution in [3.8, 4) is 11.5 Å². The standard InChI is InChI=1S/2C13H15N5O4S.2C2H6O3S/c2*1-15-17-8-5-4-7-6-9(23(20,21)22-3)12(18-16-2)13(19)10(7)11(8)14;2*1-5-6(2,3)4/h2*4-6,19H,14H2,1-3H3;2*1-2H3. The van der Waals surface area contributed by atoms with Gasteiger partial charge in [-0.25, -0.2) is 0 Å². The third kappa shape index (κ3) is 13.4. The molecule has 0 radical (unpaired) electrons. The van der Waals surface area contributed by atoms with E-state index in [1.165, 1.54) is 40.3 Å². The van der Waals surface area contributed by atoms with Gasteiger partial charge in [0.1, 0.15) is 32.5 Å². The molecule has 0 aliphatic rings. The predicted octanol–water partition coefficient (Wildman–Crippen LogP) is 4.96. The summed E-state index contributed by atoms with van der Waals surface area (Å²) >= 11 is 0. The van der Waals surface area contributed by atoms with E-state index >= 15 is 0 Å². The highest BCUT2D eigenvalue weighted by molar-refractivity contribution is 7.87. The smallest absolute Gasteiger partial charge is 0.299 e. The molecule has 0 amide bonds. The minimum absolute atomic E-state index is 0.152. The molecule has 0 spiro atoms. The van der Waals surface area contributed by atoms with Gasteiger partial charge in [0, 0.05) is 28.2 Å². The van der Waals surface area contributed by atoms with Crippen LogP contribution in [-0.4, -0.2) is 113 Å². The summed E-state index contributed by atoms with van der Waals surface area (Å²) in [7, 11) is -4.59. The average Bonchev–Trinajstić information content (AvgIpc) is 3.16. The van der Waals surface area contributed by atoms with Gasteiger partial charge in [-0.1, -0.05) is 12.1 Å². The van der Waals surface area contributed by atoms with Crippen molar-refractivity contribution in [3.63, 3.8) is 0 Å². The summed E-state index contributed by atoms with van der Waals surface area (Å²) in [6.45, 7) is 0. The highest BCUT2D eigenvalue weighted by atomic mass is 32.2. The number of azo groups is 4. The van der Waals surface area contributed by atoms with Crippen molar-refractivity contribution in [2.75, 3.05) is 80.6 Å². The van der Waals surface area contributed by atoms with Crippen molar-refractivity contribution >= 4 is 96.1 Å². The SMILES string of the molecule is CN=Nc1ccc2cc(S(=O)(=O)OC)c(N=NC)c(O)c2c1N.CN=Nc1ccc2cc(S(=O)(=O)OC)c(N=NC)c(O)c2c1N.COS(C)(=O)=O.COS(C)(=O)=O.